The molecule has 0 bridgehead atoms. The third-order valence-corrected chi connectivity index (χ3v) is 3.85. The van der Waals surface area contributed by atoms with Crippen molar-refractivity contribution in [2.45, 2.75) is 32.7 Å². The highest BCUT2D eigenvalue weighted by atomic mass is 16.2. The normalized spacial score (nSPS) is 9.92. The van der Waals surface area contributed by atoms with Crippen LogP contribution < -0.4 is 10.6 Å². The molecule has 0 atom stereocenters. The van der Waals surface area contributed by atoms with Crippen LogP contribution >= 0.6 is 0 Å². The standard InChI is InChI=1S/C20H21N3O2/c1-15-4-2-3-5-17(15)8-11-19(24)22-14-16-6-9-18(10-7-16)23-20(25)12-13-21/h2-7,9-10H,8,11-12,14H2,1H3,(H,22,24)(H,23,25). The van der Waals surface area contributed by atoms with Gasteiger partial charge in [-0.3, -0.25) is 9.59 Å². The van der Waals surface area contributed by atoms with Gasteiger partial charge in [-0.25, -0.2) is 0 Å². The molecule has 0 saturated carbocycles. The Morgan fingerprint density at radius 2 is 1.76 bits per heavy atom. The smallest absolute Gasteiger partial charge is 0.238 e. The first-order valence-corrected chi connectivity index (χ1v) is 8.15. The Morgan fingerprint density at radius 3 is 2.44 bits per heavy atom. The predicted octanol–water partition coefficient (Wildman–Crippen LogP) is 3.10. The van der Waals surface area contributed by atoms with E-state index in [9.17, 15) is 9.59 Å². The molecule has 0 aliphatic heterocycles. The second kappa shape index (κ2) is 9.24. The maximum Gasteiger partial charge on any atom is 0.238 e. The maximum absolute atomic E-state index is 12.0. The topological polar surface area (TPSA) is 82.0 Å². The number of anilines is 1. The summed E-state index contributed by atoms with van der Waals surface area (Å²) in [5.41, 5.74) is 3.97. The molecule has 2 amide bonds. The second-order valence-corrected chi connectivity index (χ2v) is 5.78. The quantitative estimate of drug-likeness (QED) is 0.816. The molecule has 0 radical (unpaired) electrons. The van der Waals surface area contributed by atoms with Gasteiger partial charge in [0.1, 0.15) is 6.42 Å². The Balaban J connectivity index is 1.77. The zero-order chi connectivity index (χ0) is 18.1. The molecule has 5 nitrogen and oxygen atoms in total. The van der Waals surface area contributed by atoms with Crippen LogP contribution in [0.2, 0.25) is 0 Å². The minimum Gasteiger partial charge on any atom is -0.352 e. The van der Waals surface area contributed by atoms with E-state index in [1.165, 1.54) is 11.1 Å². The lowest BCUT2D eigenvalue weighted by Crippen LogP contribution is -2.23. The van der Waals surface area contributed by atoms with Crippen molar-refractivity contribution in [1.29, 1.82) is 5.26 Å². The van der Waals surface area contributed by atoms with Crippen LogP contribution in [-0.2, 0) is 22.6 Å². The highest BCUT2D eigenvalue weighted by molar-refractivity contribution is 5.92. The van der Waals surface area contributed by atoms with Crippen LogP contribution in [0.1, 0.15) is 29.5 Å². The van der Waals surface area contributed by atoms with Gasteiger partial charge in [-0.2, -0.15) is 5.26 Å². The molecule has 25 heavy (non-hydrogen) atoms. The van der Waals surface area contributed by atoms with E-state index in [4.69, 9.17) is 5.26 Å². The highest BCUT2D eigenvalue weighted by Gasteiger charge is 2.05. The molecule has 2 N–H and O–H groups in total. The summed E-state index contributed by atoms with van der Waals surface area (Å²) in [4.78, 5) is 23.3. The highest BCUT2D eigenvalue weighted by Crippen LogP contribution is 2.11. The minimum absolute atomic E-state index is 0.00894. The van der Waals surface area contributed by atoms with E-state index in [-0.39, 0.29) is 18.2 Å². The third kappa shape index (κ3) is 6.11. The van der Waals surface area contributed by atoms with Gasteiger partial charge in [-0.1, -0.05) is 36.4 Å². The maximum atomic E-state index is 12.0. The number of nitrogens with one attached hydrogen (secondary N) is 2. The molecule has 0 fully saturated rings. The molecule has 2 aromatic rings. The van der Waals surface area contributed by atoms with Crippen molar-refractivity contribution in [1.82, 2.24) is 5.32 Å². The average molecular weight is 335 g/mol. The molecule has 0 aliphatic carbocycles. The van der Waals surface area contributed by atoms with E-state index in [1.54, 1.807) is 18.2 Å². The van der Waals surface area contributed by atoms with E-state index >= 15 is 0 Å². The Labute approximate surface area is 147 Å². The van der Waals surface area contributed by atoms with Crippen molar-refractivity contribution in [2.75, 3.05) is 5.32 Å². The summed E-state index contributed by atoms with van der Waals surface area (Å²) in [7, 11) is 0. The molecule has 5 heteroatoms. The number of carbonyl (C=O) groups is 2. The van der Waals surface area contributed by atoms with Crippen molar-refractivity contribution in [3.8, 4) is 6.07 Å². The molecule has 0 aromatic heterocycles. The molecular formula is C20H21N3O2. The van der Waals surface area contributed by atoms with Gasteiger partial charge in [0.05, 0.1) is 6.07 Å². The summed E-state index contributed by atoms with van der Waals surface area (Å²) in [5.74, 6) is -0.325. The lowest BCUT2D eigenvalue weighted by molar-refractivity contribution is -0.121. The lowest BCUT2D eigenvalue weighted by atomic mass is 10.0. The summed E-state index contributed by atoms with van der Waals surface area (Å²) in [5, 5.41) is 14.0. The number of rotatable bonds is 7. The largest absolute Gasteiger partial charge is 0.352 e. The fourth-order valence-corrected chi connectivity index (χ4v) is 2.41. The average Bonchev–Trinajstić information content (AvgIpc) is 2.60. The number of amides is 2. The fraction of sp³-hybridized carbons (Fsp3) is 0.250. The number of hydrogen-bond donors (Lipinski definition) is 2. The Hall–Kier alpha value is -3.13. The molecule has 0 aliphatic rings. The Morgan fingerprint density at radius 1 is 1.04 bits per heavy atom. The molecule has 0 spiro atoms. The molecule has 0 heterocycles. The number of aryl methyl sites for hydroxylation is 2. The molecule has 128 valence electrons. The molecule has 0 saturated heterocycles. The number of nitrogens with zero attached hydrogens (tertiary/aromatic N) is 1. The van der Waals surface area contributed by atoms with Crippen molar-refractivity contribution < 1.29 is 9.59 Å². The molecule has 2 rings (SSSR count). The molecular weight excluding hydrogens is 314 g/mol. The Bertz CT molecular complexity index is 776. The van der Waals surface area contributed by atoms with Crippen molar-refractivity contribution in [3.63, 3.8) is 0 Å². The van der Waals surface area contributed by atoms with E-state index in [0.717, 1.165) is 12.0 Å². The van der Waals surface area contributed by atoms with Crippen molar-refractivity contribution in [3.05, 3.63) is 65.2 Å². The van der Waals surface area contributed by atoms with Crippen LogP contribution in [-0.4, -0.2) is 11.8 Å². The SMILES string of the molecule is Cc1ccccc1CCC(=O)NCc1ccc(NC(=O)CC#N)cc1. The van der Waals surface area contributed by atoms with Gasteiger partial charge in [0.15, 0.2) is 0 Å². The first-order valence-electron chi connectivity index (χ1n) is 8.15. The summed E-state index contributed by atoms with van der Waals surface area (Å²) in [6.45, 7) is 2.49. The summed E-state index contributed by atoms with van der Waals surface area (Å²) in [6.07, 6.45) is 1.01. The second-order valence-electron chi connectivity index (χ2n) is 5.78. The van der Waals surface area contributed by atoms with Crippen LogP contribution in [0, 0.1) is 18.3 Å². The van der Waals surface area contributed by atoms with Gasteiger partial charge in [-0.05, 0) is 42.2 Å². The zero-order valence-electron chi connectivity index (χ0n) is 14.2. The van der Waals surface area contributed by atoms with Gasteiger partial charge >= 0.3 is 0 Å². The van der Waals surface area contributed by atoms with Crippen LogP contribution in [0.25, 0.3) is 0 Å². The summed E-state index contributed by atoms with van der Waals surface area (Å²) >= 11 is 0. The number of hydrogen-bond acceptors (Lipinski definition) is 3. The van der Waals surface area contributed by atoms with Crippen LogP contribution in [0.3, 0.4) is 0 Å². The molecule has 2 aromatic carbocycles. The van der Waals surface area contributed by atoms with Gasteiger partial charge in [0, 0.05) is 18.7 Å². The van der Waals surface area contributed by atoms with E-state index in [1.807, 2.05) is 43.3 Å². The van der Waals surface area contributed by atoms with Gasteiger partial charge < -0.3 is 10.6 Å². The van der Waals surface area contributed by atoms with Gasteiger partial charge in [0.25, 0.3) is 0 Å². The fourth-order valence-electron chi connectivity index (χ4n) is 2.41. The van der Waals surface area contributed by atoms with Crippen molar-refractivity contribution >= 4 is 17.5 Å². The van der Waals surface area contributed by atoms with E-state index in [2.05, 4.69) is 10.6 Å². The zero-order valence-corrected chi connectivity index (χ0v) is 14.2. The Kier molecular flexibility index (Phi) is 6.73. The first-order chi connectivity index (χ1) is 12.1. The molecule has 0 unspecified atom stereocenters. The van der Waals surface area contributed by atoms with Crippen LogP contribution in [0.15, 0.2) is 48.5 Å². The number of carbonyl (C=O) groups excluding carboxylic acids is 2. The monoisotopic (exact) mass is 335 g/mol. The van der Waals surface area contributed by atoms with E-state index in [0.29, 0.717) is 18.7 Å². The minimum atomic E-state index is -0.334. The lowest BCUT2D eigenvalue weighted by Gasteiger charge is -2.08. The van der Waals surface area contributed by atoms with Crippen molar-refractivity contribution in [2.24, 2.45) is 0 Å². The van der Waals surface area contributed by atoms with E-state index < -0.39 is 0 Å². The first kappa shape index (κ1) is 18.2. The van der Waals surface area contributed by atoms with Gasteiger partial charge in [0.2, 0.25) is 11.8 Å². The summed E-state index contributed by atoms with van der Waals surface area (Å²) < 4.78 is 0. The number of nitriles is 1. The number of benzene rings is 2. The predicted molar refractivity (Wildman–Crippen MR) is 96.6 cm³/mol. The summed E-state index contributed by atoms with van der Waals surface area (Å²) in [6, 6.07) is 17.0. The van der Waals surface area contributed by atoms with Crippen LogP contribution in [0.5, 0.6) is 0 Å². The third-order valence-electron chi connectivity index (χ3n) is 3.85. The van der Waals surface area contributed by atoms with Crippen LogP contribution in [0.4, 0.5) is 5.69 Å². The van der Waals surface area contributed by atoms with Gasteiger partial charge in [-0.15, -0.1) is 0 Å².